The highest BCUT2D eigenvalue weighted by Gasteiger charge is 2.51. The van der Waals surface area contributed by atoms with Crippen molar-refractivity contribution in [3.05, 3.63) is 131 Å². The van der Waals surface area contributed by atoms with Crippen LogP contribution in [-0.4, -0.2) is 49.8 Å². The molecule has 1 saturated carbocycles. The van der Waals surface area contributed by atoms with Crippen LogP contribution >= 0.6 is 0 Å². The number of hydrogen-bond acceptors (Lipinski definition) is 7. The molecule has 7 nitrogen and oxygen atoms in total. The molecule has 1 aliphatic rings. The topological polar surface area (TPSA) is 75.6 Å². The second-order valence-electron chi connectivity index (χ2n) is 11.1. The molecule has 0 aliphatic heterocycles. The molecule has 6 atom stereocenters. The molecule has 44 heavy (non-hydrogen) atoms. The lowest BCUT2D eigenvalue weighted by Crippen LogP contribution is -2.63. The summed E-state index contributed by atoms with van der Waals surface area (Å²) in [5.41, 5.74) is 4.01. The van der Waals surface area contributed by atoms with E-state index in [1.807, 2.05) is 116 Å². The maximum atomic E-state index is 11.7. The Morgan fingerprint density at radius 3 is 1.20 bits per heavy atom. The Bertz CT molecular complexity index is 1270. The van der Waals surface area contributed by atoms with Gasteiger partial charge in [-0.3, -0.25) is 0 Å². The molecule has 0 radical (unpaired) electrons. The van der Waals surface area contributed by atoms with Crippen LogP contribution in [0.2, 0.25) is 0 Å². The molecule has 5 rings (SSSR count). The third kappa shape index (κ3) is 8.25. The van der Waals surface area contributed by atoms with E-state index in [0.717, 1.165) is 33.8 Å². The first-order valence-corrected chi connectivity index (χ1v) is 15.0. The van der Waals surface area contributed by atoms with Crippen LogP contribution in [0.5, 0.6) is 11.5 Å². The van der Waals surface area contributed by atoms with Crippen molar-refractivity contribution >= 4 is 0 Å². The highest BCUT2D eigenvalue weighted by atomic mass is 16.6. The fourth-order valence-electron chi connectivity index (χ4n) is 5.54. The second-order valence-corrected chi connectivity index (χ2v) is 11.1. The summed E-state index contributed by atoms with van der Waals surface area (Å²) in [5, 5.41) is 11.7. The van der Waals surface area contributed by atoms with E-state index in [0.29, 0.717) is 26.4 Å². The molecule has 0 bridgehead atoms. The Labute approximate surface area is 260 Å². The van der Waals surface area contributed by atoms with E-state index in [9.17, 15) is 5.11 Å². The molecule has 4 aromatic carbocycles. The largest absolute Gasteiger partial charge is 0.497 e. The van der Waals surface area contributed by atoms with Gasteiger partial charge in [-0.15, -0.1) is 0 Å². The maximum Gasteiger partial charge on any atom is 0.118 e. The highest BCUT2D eigenvalue weighted by molar-refractivity contribution is 5.27. The zero-order valence-electron chi connectivity index (χ0n) is 25.6. The van der Waals surface area contributed by atoms with Gasteiger partial charge in [-0.25, -0.2) is 0 Å². The first-order chi connectivity index (χ1) is 21.6. The Kier molecular flexibility index (Phi) is 11.4. The monoisotopic (exact) mass is 598 g/mol. The number of benzene rings is 4. The number of ether oxygens (including phenoxy) is 6. The number of hydrogen-bond donors (Lipinski definition) is 1. The Hall–Kier alpha value is -3.72. The molecular weight excluding hydrogens is 556 g/mol. The van der Waals surface area contributed by atoms with Gasteiger partial charge in [0, 0.05) is 5.92 Å². The second kappa shape index (κ2) is 15.8. The predicted molar refractivity (Wildman–Crippen MR) is 168 cm³/mol. The zero-order chi connectivity index (χ0) is 30.7. The van der Waals surface area contributed by atoms with Crippen molar-refractivity contribution in [3.63, 3.8) is 0 Å². The Morgan fingerprint density at radius 1 is 0.455 bits per heavy atom. The van der Waals surface area contributed by atoms with Gasteiger partial charge in [-0.2, -0.15) is 0 Å². The summed E-state index contributed by atoms with van der Waals surface area (Å²) in [6.45, 7) is 3.33. The lowest BCUT2D eigenvalue weighted by molar-refractivity contribution is -0.258. The summed E-state index contributed by atoms with van der Waals surface area (Å²) in [5.74, 6) is 1.26. The molecule has 1 fully saturated rings. The minimum absolute atomic E-state index is 0.291. The average Bonchev–Trinajstić information content (AvgIpc) is 3.08. The molecule has 1 N–H and O–H groups in total. The lowest BCUT2D eigenvalue weighted by atomic mass is 9.78. The molecule has 0 spiro atoms. The summed E-state index contributed by atoms with van der Waals surface area (Å²) in [6.07, 6.45) is -3.10. The number of aliphatic hydroxyl groups excluding tert-OH is 1. The van der Waals surface area contributed by atoms with Crippen molar-refractivity contribution in [1.82, 2.24) is 0 Å². The van der Waals surface area contributed by atoms with Gasteiger partial charge in [-0.1, -0.05) is 91.9 Å². The first kappa shape index (κ1) is 31.7. The number of aliphatic hydroxyl groups is 1. The number of methoxy groups -OCH3 is 2. The van der Waals surface area contributed by atoms with E-state index < -0.39 is 30.5 Å². The molecule has 0 aromatic heterocycles. The van der Waals surface area contributed by atoms with Gasteiger partial charge in [0.2, 0.25) is 0 Å². The Balaban J connectivity index is 1.43. The van der Waals surface area contributed by atoms with Crippen LogP contribution in [0.1, 0.15) is 29.2 Å². The van der Waals surface area contributed by atoms with Crippen molar-refractivity contribution in [2.75, 3.05) is 14.2 Å². The van der Waals surface area contributed by atoms with E-state index in [4.69, 9.17) is 28.4 Å². The summed E-state index contributed by atoms with van der Waals surface area (Å²) in [4.78, 5) is 0. The average molecular weight is 599 g/mol. The van der Waals surface area contributed by atoms with Crippen molar-refractivity contribution in [2.24, 2.45) is 5.92 Å². The minimum Gasteiger partial charge on any atom is -0.497 e. The molecule has 1 aliphatic carbocycles. The van der Waals surface area contributed by atoms with Gasteiger partial charge in [0.15, 0.2) is 0 Å². The van der Waals surface area contributed by atoms with Crippen molar-refractivity contribution < 1.29 is 33.5 Å². The quantitative estimate of drug-likeness (QED) is 0.181. The SMILES string of the molecule is COc1ccc(CO[C@H]2[C@H](OCc3ccc(OC)cc3)[C@@H](OCc3ccccc3)[C@H](O)[C@@H](C)[C@@H]2OCc2ccccc2)cc1. The van der Waals surface area contributed by atoms with Crippen molar-refractivity contribution in [1.29, 1.82) is 0 Å². The summed E-state index contributed by atoms with van der Waals surface area (Å²) < 4.78 is 37.0. The van der Waals surface area contributed by atoms with Crippen LogP contribution < -0.4 is 9.47 Å². The summed E-state index contributed by atoms with van der Waals surface area (Å²) in [6, 6.07) is 35.5. The van der Waals surface area contributed by atoms with E-state index in [1.54, 1.807) is 14.2 Å². The van der Waals surface area contributed by atoms with Gasteiger partial charge in [0.1, 0.15) is 29.8 Å². The van der Waals surface area contributed by atoms with Crippen LogP contribution in [0.25, 0.3) is 0 Å². The standard InChI is InChI=1S/C37H42O7/c1-26-33(38)35(42-23-28-12-8-5-9-13-28)37(44-25-30-16-20-32(40-3)21-17-30)36(34(26)41-22-27-10-6-4-7-11-27)43-24-29-14-18-31(39-2)19-15-29/h4-21,26,33-38H,22-25H2,1-3H3/t26-,33-,34+,35+,36-,37-/m1/s1. The van der Waals surface area contributed by atoms with Gasteiger partial charge in [-0.05, 0) is 46.5 Å². The minimum atomic E-state index is -0.846. The highest BCUT2D eigenvalue weighted by Crippen LogP contribution is 2.36. The van der Waals surface area contributed by atoms with Crippen LogP contribution in [0.4, 0.5) is 0 Å². The van der Waals surface area contributed by atoms with Crippen molar-refractivity contribution in [2.45, 2.75) is 63.9 Å². The molecular formula is C37H42O7. The third-order valence-electron chi connectivity index (χ3n) is 8.14. The molecule has 232 valence electrons. The van der Waals surface area contributed by atoms with E-state index in [2.05, 4.69) is 0 Å². The zero-order valence-corrected chi connectivity index (χ0v) is 25.6. The Morgan fingerprint density at radius 2 is 0.795 bits per heavy atom. The van der Waals surface area contributed by atoms with Gasteiger partial charge >= 0.3 is 0 Å². The molecule has 7 heteroatoms. The van der Waals surface area contributed by atoms with E-state index >= 15 is 0 Å². The van der Waals surface area contributed by atoms with Gasteiger partial charge in [0.25, 0.3) is 0 Å². The maximum absolute atomic E-state index is 11.7. The molecule has 4 aromatic rings. The molecule has 0 saturated heterocycles. The lowest BCUT2D eigenvalue weighted by Gasteiger charge is -2.48. The fraction of sp³-hybridized carbons (Fsp3) is 0.351. The van der Waals surface area contributed by atoms with Crippen LogP contribution in [0, 0.1) is 5.92 Å². The molecule has 0 unspecified atom stereocenters. The first-order valence-electron chi connectivity index (χ1n) is 15.0. The van der Waals surface area contributed by atoms with Crippen molar-refractivity contribution in [3.8, 4) is 11.5 Å². The predicted octanol–water partition coefficient (Wildman–Crippen LogP) is 6.36. The summed E-state index contributed by atoms with van der Waals surface area (Å²) in [7, 11) is 3.29. The number of rotatable bonds is 14. The normalized spacial score (nSPS) is 23.3. The smallest absolute Gasteiger partial charge is 0.118 e. The summed E-state index contributed by atoms with van der Waals surface area (Å²) >= 11 is 0. The third-order valence-corrected chi connectivity index (χ3v) is 8.14. The van der Waals surface area contributed by atoms with E-state index in [-0.39, 0.29) is 5.92 Å². The molecule has 0 amide bonds. The van der Waals surface area contributed by atoms with Crippen LogP contribution in [0.3, 0.4) is 0 Å². The fourth-order valence-corrected chi connectivity index (χ4v) is 5.54. The van der Waals surface area contributed by atoms with E-state index in [1.165, 1.54) is 0 Å². The van der Waals surface area contributed by atoms with Crippen LogP contribution in [-0.2, 0) is 45.4 Å². The van der Waals surface area contributed by atoms with Crippen LogP contribution in [0.15, 0.2) is 109 Å². The molecule has 0 heterocycles. The van der Waals surface area contributed by atoms with Gasteiger partial charge < -0.3 is 33.5 Å². The van der Waals surface area contributed by atoms with Gasteiger partial charge in [0.05, 0.1) is 52.9 Å².